The zero-order chi connectivity index (χ0) is 13.1. The lowest BCUT2D eigenvalue weighted by atomic mass is 10.3. The average molecular weight is 269 g/mol. The van der Waals surface area contributed by atoms with Gasteiger partial charge in [0, 0.05) is 18.0 Å². The molecular weight excluding hydrogens is 258 g/mol. The summed E-state index contributed by atoms with van der Waals surface area (Å²) in [7, 11) is 0. The molecule has 0 aliphatic carbocycles. The predicted octanol–water partition coefficient (Wildman–Crippen LogP) is 2.84. The van der Waals surface area contributed by atoms with E-state index < -0.39 is 0 Å². The van der Waals surface area contributed by atoms with Crippen molar-refractivity contribution < 1.29 is 0 Å². The summed E-state index contributed by atoms with van der Waals surface area (Å²) in [5, 5.41) is 6.24. The number of hydrogen-bond acceptors (Lipinski definition) is 6. The number of thiophene rings is 1. The van der Waals surface area contributed by atoms with Gasteiger partial charge in [-0.15, -0.1) is 11.3 Å². The number of anilines is 1. The van der Waals surface area contributed by atoms with E-state index in [1.807, 2.05) is 19.1 Å². The molecule has 0 bridgehead atoms. The average Bonchev–Trinajstić information content (AvgIpc) is 2.83. The highest BCUT2D eigenvalue weighted by Crippen LogP contribution is 2.28. The second-order valence-electron chi connectivity index (χ2n) is 3.98. The van der Waals surface area contributed by atoms with E-state index in [2.05, 4.69) is 30.9 Å². The van der Waals surface area contributed by atoms with Crippen LogP contribution in [0.2, 0.25) is 0 Å². The third kappa shape index (κ3) is 2.43. The van der Waals surface area contributed by atoms with Gasteiger partial charge < -0.3 is 0 Å². The van der Waals surface area contributed by atoms with Gasteiger partial charge in [0.1, 0.15) is 6.33 Å². The number of nitrogens with zero attached hydrogens (tertiary/aromatic N) is 4. The third-order valence-electron chi connectivity index (χ3n) is 2.60. The molecule has 1 N–H and O–H groups in total. The van der Waals surface area contributed by atoms with E-state index in [9.17, 15) is 0 Å². The lowest BCUT2D eigenvalue weighted by Gasteiger charge is -2.00. The molecule has 0 radical (unpaired) electrons. The molecule has 3 heterocycles. The lowest BCUT2D eigenvalue weighted by Crippen LogP contribution is -1.94. The highest BCUT2D eigenvalue weighted by atomic mass is 32.1. The summed E-state index contributed by atoms with van der Waals surface area (Å²) in [5.41, 5.74) is 6.01. The van der Waals surface area contributed by atoms with Crippen molar-refractivity contribution in [1.82, 2.24) is 15.0 Å². The molecule has 3 aromatic heterocycles. The van der Waals surface area contributed by atoms with Crippen LogP contribution in [0.25, 0.3) is 10.2 Å². The van der Waals surface area contributed by atoms with E-state index in [4.69, 9.17) is 0 Å². The smallest absolute Gasteiger partial charge is 0.167 e. The molecule has 0 amide bonds. The first kappa shape index (κ1) is 11.7. The van der Waals surface area contributed by atoms with Crippen LogP contribution in [0.4, 0.5) is 5.82 Å². The van der Waals surface area contributed by atoms with E-state index >= 15 is 0 Å². The molecule has 0 aliphatic rings. The summed E-state index contributed by atoms with van der Waals surface area (Å²) < 4.78 is 1.02. The maximum Gasteiger partial charge on any atom is 0.167 e. The number of nitrogens with one attached hydrogen (secondary N) is 1. The van der Waals surface area contributed by atoms with Gasteiger partial charge in [-0.1, -0.05) is 6.07 Å². The zero-order valence-electron chi connectivity index (χ0n) is 10.2. The van der Waals surface area contributed by atoms with Crippen molar-refractivity contribution in [3.63, 3.8) is 0 Å². The Hall–Kier alpha value is -2.34. The second kappa shape index (κ2) is 5.11. The Morgan fingerprint density at radius 2 is 2.32 bits per heavy atom. The van der Waals surface area contributed by atoms with Gasteiger partial charge in [0.05, 0.1) is 16.4 Å². The van der Waals surface area contributed by atoms with E-state index in [0.717, 1.165) is 27.2 Å². The van der Waals surface area contributed by atoms with Crippen molar-refractivity contribution in [2.24, 2.45) is 5.10 Å². The van der Waals surface area contributed by atoms with Gasteiger partial charge in [0.2, 0.25) is 0 Å². The summed E-state index contributed by atoms with van der Waals surface area (Å²) >= 11 is 1.61. The fraction of sp³-hybridized carbons (Fsp3) is 0.0769. The van der Waals surface area contributed by atoms with Gasteiger partial charge >= 0.3 is 0 Å². The van der Waals surface area contributed by atoms with Gasteiger partial charge in [-0.05, 0) is 23.9 Å². The third-order valence-corrected chi connectivity index (χ3v) is 3.69. The number of pyridine rings is 1. The number of aryl methyl sites for hydroxylation is 1. The van der Waals surface area contributed by atoms with Crippen LogP contribution in [-0.4, -0.2) is 21.2 Å². The van der Waals surface area contributed by atoms with Gasteiger partial charge in [0.25, 0.3) is 0 Å². The standard InChI is InChI=1S/C13H11N5S/c1-9-7-19-12-11(9)15-8-16-13(12)18-17-6-10-3-2-4-14-5-10/h2-8H,1H3,(H,15,16,18). The van der Waals surface area contributed by atoms with Gasteiger partial charge in [-0.2, -0.15) is 5.10 Å². The van der Waals surface area contributed by atoms with E-state index in [1.165, 1.54) is 0 Å². The van der Waals surface area contributed by atoms with Crippen molar-refractivity contribution in [3.8, 4) is 0 Å². The van der Waals surface area contributed by atoms with Crippen molar-refractivity contribution >= 4 is 33.6 Å². The van der Waals surface area contributed by atoms with Crippen LogP contribution in [0.3, 0.4) is 0 Å². The summed E-state index contributed by atoms with van der Waals surface area (Å²) in [6.07, 6.45) is 6.73. The van der Waals surface area contributed by atoms with Gasteiger partial charge in [0.15, 0.2) is 5.82 Å². The molecule has 0 atom stereocenters. The normalized spacial score (nSPS) is 11.2. The maximum absolute atomic E-state index is 4.27. The SMILES string of the molecule is Cc1csc2c(NN=Cc3cccnc3)ncnc12. The molecule has 0 saturated heterocycles. The quantitative estimate of drug-likeness (QED) is 0.586. The molecule has 0 fully saturated rings. The molecular formula is C13H11N5S. The van der Waals surface area contributed by atoms with Crippen LogP contribution in [0.15, 0.2) is 41.3 Å². The van der Waals surface area contributed by atoms with Gasteiger partial charge in [-0.3, -0.25) is 10.4 Å². The summed E-state index contributed by atoms with van der Waals surface area (Å²) in [6, 6.07) is 3.80. The van der Waals surface area contributed by atoms with Crippen LogP contribution in [0, 0.1) is 6.92 Å². The van der Waals surface area contributed by atoms with Crippen LogP contribution < -0.4 is 5.43 Å². The molecule has 0 saturated carbocycles. The van der Waals surface area contributed by atoms with Crippen LogP contribution in [0.5, 0.6) is 0 Å². The minimum atomic E-state index is 0.725. The Kier molecular flexibility index (Phi) is 3.16. The lowest BCUT2D eigenvalue weighted by molar-refractivity contribution is 1.18. The Morgan fingerprint density at radius 1 is 1.37 bits per heavy atom. The van der Waals surface area contributed by atoms with E-state index in [1.54, 1.807) is 36.3 Å². The summed E-state index contributed by atoms with van der Waals surface area (Å²) in [5.74, 6) is 0.725. The maximum atomic E-state index is 4.27. The number of fused-ring (bicyclic) bond motifs is 1. The largest absolute Gasteiger partial charge is 0.264 e. The van der Waals surface area contributed by atoms with Crippen molar-refractivity contribution in [2.75, 3.05) is 5.43 Å². The Morgan fingerprint density at radius 3 is 3.16 bits per heavy atom. The van der Waals surface area contributed by atoms with E-state index in [0.29, 0.717) is 0 Å². The van der Waals surface area contributed by atoms with Gasteiger partial charge in [-0.25, -0.2) is 9.97 Å². The van der Waals surface area contributed by atoms with Crippen LogP contribution in [0.1, 0.15) is 11.1 Å². The molecule has 3 rings (SSSR count). The second-order valence-corrected chi connectivity index (χ2v) is 4.85. The summed E-state index contributed by atoms with van der Waals surface area (Å²) in [6.45, 7) is 2.04. The van der Waals surface area contributed by atoms with Crippen LogP contribution >= 0.6 is 11.3 Å². The monoisotopic (exact) mass is 269 g/mol. The molecule has 0 unspecified atom stereocenters. The highest BCUT2D eigenvalue weighted by molar-refractivity contribution is 7.18. The molecule has 94 valence electrons. The minimum Gasteiger partial charge on any atom is -0.264 e. The molecule has 0 aromatic carbocycles. The predicted molar refractivity (Wildman–Crippen MR) is 77.6 cm³/mol. The zero-order valence-corrected chi connectivity index (χ0v) is 11.1. The molecule has 6 heteroatoms. The van der Waals surface area contributed by atoms with Crippen molar-refractivity contribution in [2.45, 2.75) is 6.92 Å². The minimum absolute atomic E-state index is 0.725. The topological polar surface area (TPSA) is 63.1 Å². The first-order valence-electron chi connectivity index (χ1n) is 5.72. The molecule has 3 aromatic rings. The highest BCUT2D eigenvalue weighted by Gasteiger charge is 2.06. The molecule has 5 nitrogen and oxygen atoms in total. The number of aromatic nitrogens is 3. The fourth-order valence-corrected chi connectivity index (χ4v) is 2.61. The number of rotatable bonds is 3. The molecule has 0 spiro atoms. The fourth-order valence-electron chi connectivity index (χ4n) is 1.67. The first-order valence-corrected chi connectivity index (χ1v) is 6.60. The number of hydrogen-bond donors (Lipinski definition) is 1. The van der Waals surface area contributed by atoms with E-state index in [-0.39, 0.29) is 0 Å². The van der Waals surface area contributed by atoms with Crippen LogP contribution in [-0.2, 0) is 0 Å². The van der Waals surface area contributed by atoms with Crippen molar-refractivity contribution in [1.29, 1.82) is 0 Å². The van der Waals surface area contributed by atoms with Crippen molar-refractivity contribution in [3.05, 3.63) is 47.4 Å². The first-order chi connectivity index (χ1) is 9.34. The molecule has 19 heavy (non-hydrogen) atoms. The summed E-state index contributed by atoms with van der Waals surface area (Å²) in [4.78, 5) is 12.5. The number of hydrazone groups is 1. The Labute approximate surface area is 114 Å². The Balaban J connectivity index is 1.84. The molecule has 0 aliphatic heterocycles. The Bertz CT molecular complexity index is 720.